The molecule has 1 atom stereocenters. The van der Waals surface area contributed by atoms with Crippen LogP contribution in [-0.2, 0) is 9.22 Å². The minimum atomic E-state index is 0.0691. The fourth-order valence-corrected chi connectivity index (χ4v) is 4.62. The van der Waals surface area contributed by atoms with Crippen LogP contribution in [0.25, 0.3) is 0 Å². The van der Waals surface area contributed by atoms with Crippen LogP contribution in [-0.4, -0.2) is 61.4 Å². The van der Waals surface area contributed by atoms with Gasteiger partial charge in [-0.3, -0.25) is 9.69 Å². The zero-order valence-electron chi connectivity index (χ0n) is 19.8. The Morgan fingerprint density at radius 1 is 1.06 bits per heavy atom. The van der Waals surface area contributed by atoms with E-state index in [0.29, 0.717) is 17.2 Å². The van der Waals surface area contributed by atoms with Gasteiger partial charge in [-0.1, -0.05) is 17.7 Å². The van der Waals surface area contributed by atoms with E-state index in [1.54, 1.807) is 24.3 Å². The second-order valence-corrected chi connectivity index (χ2v) is 9.39. The smallest absolute Gasteiger partial charge is 0.253 e. The molecule has 1 fully saturated rings. The van der Waals surface area contributed by atoms with Crippen molar-refractivity contribution in [2.24, 2.45) is 0 Å². The summed E-state index contributed by atoms with van der Waals surface area (Å²) >= 11 is 7.23. The molecule has 33 heavy (non-hydrogen) atoms. The Kier molecular flexibility index (Phi) is 9.89. The number of rotatable bonds is 10. The fraction of sp³-hybridized carbons (Fsp3) is 0.480. The van der Waals surface area contributed by atoms with Gasteiger partial charge in [0.15, 0.2) is 0 Å². The van der Waals surface area contributed by atoms with Crippen molar-refractivity contribution in [1.29, 1.82) is 0 Å². The summed E-state index contributed by atoms with van der Waals surface area (Å²) < 4.78 is 10.8. The van der Waals surface area contributed by atoms with Crippen molar-refractivity contribution in [2.75, 3.05) is 45.6 Å². The molecule has 6 nitrogen and oxygen atoms in total. The molecule has 2 aromatic rings. The summed E-state index contributed by atoms with van der Waals surface area (Å²) in [5.74, 6) is 1.81. The minimum Gasteiger partial charge on any atom is -0.493 e. The largest absolute Gasteiger partial charge is 0.493 e. The zero-order valence-corrected chi connectivity index (χ0v) is 21.4. The summed E-state index contributed by atoms with van der Waals surface area (Å²) in [6.07, 6.45) is 0.879. The highest BCUT2D eigenvalue weighted by molar-refractivity contribution is 7.94. The van der Waals surface area contributed by atoms with Crippen molar-refractivity contribution >= 4 is 29.6 Å². The lowest BCUT2D eigenvalue weighted by Gasteiger charge is -2.39. The maximum atomic E-state index is 12.8. The molecule has 0 radical (unpaired) electrons. The van der Waals surface area contributed by atoms with Crippen LogP contribution in [0.15, 0.2) is 36.4 Å². The van der Waals surface area contributed by atoms with E-state index < -0.39 is 0 Å². The van der Waals surface area contributed by atoms with Gasteiger partial charge in [-0.15, -0.1) is 0 Å². The van der Waals surface area contributed by atoms with Gasteiger partial charge in [0.25, 0.3) is 5.91 Å². The molecule has 1 aliphatic rings. The number of amides is 1. The average molecular weight is 493 g/mol. The Labute approximate surface area is 206 Å². The van der Waals surface area contributed by atoms with Gasteiger partial charge in [0, 0.05) is 60.6 Å². The van der Waals surface area contributed by atoms with E-state index in [0.717, 1.165) is 44.1 Å². The molecule has 1 amide bonds. The van der Waals surface area contributed by atoms with Gasteiger partial charge in [-0.2, -0.15) is 4.33 Å². The third-order valence-electron chi connectivity index (χ3n) is 6.22. The third kappa shape index (κ3) is 6.87. The van der Waals surface area contributed by atoms with Crippen LogP contribution < -0.4 is 4.74 Å². The molecule has 1 unspecified atom stereocenters. The second-order valence-electron chi connectivity index (χ2n) is 8.17. The van der Waals surface area contributed by atoms with E-state index in [-0.39, 0.29) is 11.9 Å². The standard InChI is InChI=1S/C25H33ClN2O4S/c1-18-19(2)24(31-16-5-17-33-32-30-4)11-10-23(18)20(3)27-12-14-28(15-13-27)25(29)21-6-8-22(26)9-7-21/h6-11,20H,5,12-17H2,1-4H3. The van der Waals surface area contributed by atoms with Gasteiger partial charge in [-0.05, 0) is 74.2 Å². The maximum absolute atomic E-state index is 12.8. The van der Waals surface area contributed by atoms with Crippen molar-refractivity contribution in [3.63, 3.8) is 0 Å². The molecule has 1 aliphatic heterocycles. The third-order valence-corrected chi connectivity index (χ3v) is 7.16. The average Bonchev–Trinajstić information content (AvgIpc) is 2.83. The number of benzene rings is 2. The maximum Gasteiger partial charge on any atom is 0.253 e. The molecule has 1 heterocycles. The summed E-state index contributed by atoms with van der Waals surface area (Å²) in [6.45, 7) is 10.3. The van der Waals surface area contributed by atoms with Crippen molar-refractivity contribution < 1.29 is 18.8 Å². The van der Waals surface area contributed by atoms with E-state index >= 15 is 0 Å². The first kappa shape index (κ1) is 25.8. The predicted molar refractivity (Wildman–Crippen MR) is 134 cm³/mol. The topological polar surface area (TPSA) is 51.2 Å². The Hall–Kier alpha value is -1.77. The first-order valence-electron chi connectivity index (χ1n) is 11.3. The number of ether oxygens (including phenoxy) is 1. The number of hydrogen-bond donors (Lipinski definition) is 0. The lowest BCUT2D eigenvalue weighted by molar-refractivity contribution is -0.160. The van der Waals surface area contributed by atoms with Crippen molar-refractivity contribution in [3.05, 3.63) is 63.7 Å². The fourth-order valence-electron chi connectivity index (χ4n) is 4.09. The van der Waals surface area contributed by atoms with Crippen LogP contribution in [0.5, 0.6) is 5.75 Å². The summed E-state index contributed by atoms with van der Waals surface area (Å²) in [5, 5.41) is 0.642. The molecule has 0 bridgehead atoms. The van der Waals surface area contributed by atoms with Gasteiger partial charge in [0.1, 0.15) is 5.75 Å². The van der Waals surface area contributed by atoms with Crippen molar-refractivity contribution in [3.8, 4) is 5.75 Å². The molecule has 8 heteroatoms. The summed E-state index contributed by atoms with van der Waals surface area (Å²) in [6, 6.07) is 11.6. The Balaban J connectivity index is 1.54. The first-order chi connectivity index (χ1) is 15.9. The Bertz CT molecular complexity index is 917. The highest BCUT2D eigenvalue weighted by Crippen LogP contribution is 2.31. The van der Waals surface area contributed by atoms with Gasteiger partial charge < -0.3 is 9.64 Å². The molecular weight excluding hydrogens is 460 g/mol. The Morgan fingerprint density at radius 3 is 2.42 bits per heavy atom. The molecule has 0 spiro atoms. The quantitative estimate of drug-likeness (QED) is 0.190. The van der Waals surface area contributed by atoms with E-state index in [2.05, 4.69) is 42.7 Å². The van der Waals surface area contributed by atoms with Crippen LogP contribution in [0.1, 0.15) is 46.4 Å². The molecule has 0 aliphatic carbocycles. The molecule has 1 saturated heterocycles. The Morgan fingerprint density at radius 2 is 1.76 bits per heavy atom. The number of hydrogen-bond acceptors (Lipinski definition) is 6. The highest BCUT2D eigenvalue weighted by Gasteiger charge is 2.26. The van der Waals surface area contributed by atoms with Crippen LogP contribution >= 0.6 is 23.6 Å². The van der Waals surface area contributed by atoms with Crippen molar-refractivity contribution in [2.45, 2.75) is 33.2 Å². The summed E-state index contributed by atoms with van der Waals surface area (Å²) in [5.41, 5.74) is 4.43. The van der Waals surface area contributed by atoms with E-state index in [4.69, 9.17) is 20.7 Å². The molecule has 2 aromatic carbocycles. The number of nitrogens with zero attached hydrogens (tertiary/aromatic N) is 2. The summed E-state index contributed by atoms with van der Waals surface area (Å²) in [4.78, 5) is 21.7. The van der Waals surface area contributed by atoms with Crippen LogP contribution in [0.2, 0.25) is 5.02 Å². The normalized spacial score (nSPS) is 15.5. The number of carbonyl (C=O) groups is 1. The molecule has 3 rings (SSSR count). The minimum absolute atomic E-state index is 0.0691. The number of halogens is 1. The lowest BCUT2D eigenvalue weighted by Crippen LogP contribution is -2.49. The van der Waals surface area contributed by atoms with Gasteiger partial charge in [-0.25, -0.2) is 4.89 Å². The molecule has 0 aromatic heterocycles. The number of carbonyl (C=O) groups excluding carboxylic acids is 1. The SMILES string of the molecule is COOSCCCOc1ccc(C(C)N2CCN(C(=O)c3ccc(Cl)cc3)CC2)c(C)c1C. The van der Waals surface area contributed by atoms with E-state index in [1.165, 1.54) is 35.8 Å². The molecule has 0 N–H and O–H groups in total. The van der Waals surface area contributed by atoms with Crippen LogP contribution in [0.3, 0.4) is 0 Å². The van der Waals surface area contributed by atoms with Gasteiger partial charge >= 0.3 is 0 Å². The summed E-state index contributed by atoms with van der Waals surface area (Å²) in [7, 11) is 1.50. The van der Waals surface area contributed by atoms with Gasteiger partial charge in [0.05, 0.1) is 13.7 Å². The van der Waals surface area contributed by atoms with Crippen molar-refractivity contribution in [1.82, 2.24) is 9.80 Å². The lowest BCUT2D eigenvalue weighted by atomic mass is 9.96. The molecule has 0 saturated carbocycles. The number of piperazine rings is 1. The van der Waals surface area contributed by atoms with Crippen LogP contribution in [0.4, 0.5) is 0 Å². The van der Waals surface area contributed by atoms with E-state index in [9.17, 15) is 4.79 Å². The molecular formula is C25H33ClN2O4S. The molecule has 180 valence electrons. The second kappa shape index (κ2) is 12.6. The first-order valence-corrected chi connectivity index (χ1v) is 12.5. The monoisotopic (exact) mass is 492 g/mol. The van der Waals surface area contributed by atoms with Crippen LogP contribution in [0, 0.1) is 13.8 Å². The van der Waals surface area contributed by atoms with E-state index in [1.807, 2.05) is 4.90 Å². The highest BCUT2D eigenvalue weighted by atomic mass is 35.5. The zero-order chi connectivity index (χ0) is 23.8. The van der Waals surface area contributed by atoms with Gasteiger partial charge in [0.2, 0.25) is 0 Å². The predicted octanol–water partition coefficient (Wildman–Crippen LogP) is 5.47.